The molecule has 0 saturated heterocycles. The Morgan fingerprint density at radius 3 is 2.23 bits per heavy atom. The average molecular weight is 542 g/mol. The quantitative estimate of drug-likeness (QED) is 0.280. The monoisotopic (exact) mass is 541 g/mol. The molecule has 2 amide bonds. The zero-order chi connectivity index (χ0) is 28.8. The Bertz CT molecular complexity index is 1610. The number of carbonyl (C=O) groups is 3. The minimum Gasteiger partial charge on any atom is -0.355 e. The van der Waals surface area contributed by atoms with Crippen LogP contribution in [0.15, 0.2) is 83.9 Å². The van der Waals surface area contributed by atoms with Crippen molar-refractivity contribution in [3.05, 3.63) is 118 Å². The van der Waals surface area contributed by atoms with Crippen LogP contribution >= 0.6 is 0 Å². The summed E-state index contributed by atoms with van der Waals surface area (Å²) in [5, 5.41) is 8.07. The molecule has 1 atom stereocenters. The summed E-state index contributed by atoms with van der Waals surface area (Å²) in [4.78, 5) is 55.3. The molecule has 204 valence electrons. The summed E-state index contributed by atoms with van der Waals surface area (Å²) >= 11 is 0. The number of hydrogen-bond acceptors (Lipinski definition) is 6. The first-order chi connectivity index (χ1) is 19.2. The van der Waals surface area contributed by atoms with Crippen LogP contribution in [-0.4, -0.2) is 47.3 Å². The van der Waals surface area contributed by atoms with Gasteiger partial charge in [0.15, 0.2) is 5.78 Å². The number of anilines is 1. The van der Waals surface area contributed by atoms with Crippen LogP contribution in [0.3, 0.4) is 0 Å². The number of amides is 2. The van der Waals surface area contributed by atoms with Crippen molar-refractivity contribution >= 4 is 23.3 Å². The van der Waals surface area contributed by atoms with Gasteiger partial charge in [-0.25, -0.2) is 4.39 Å². The summed E-state index contributed by atoms with van der Waals surface area (Å²) in [6, 6.07) is 16.3. The SMILES string of the molecule is CNC(=O)c1ccc(-c2ccc(NC(=O)[C@H](C)NC)c(=O)n2Cc2cncc(C(=O)c3ccc(F)cc3)c2)cc1. The Labute approximate surface area is 230 Å². The first-order valence-electron chi connectivity index (χ1n) is 12.5. The molecular weight excluding hydrogens is 513 g/mol. The van der Waals surface area contributed by atoms with Gasteiger partial charge in [-0.15, -0.1) is 0 Å². The molecule has 40 heavy (non-hydrogen) atoms. The number of hydrogen-bond donors (Lipinski definition) is 3. The van der Waals surface area contributed by atoms with Crippen molar-refractivity contribution in [1.82, 2.24) is 20.2 Å². The van der Waals surface area contributed by atoms with Gasteiger partial charge in [0.25, 0.3) is 11.5 Å². The van der Waals surface area contributed by atoms with E-state index in [4.69, 9.17) is 0 Å². The van der Waals surface area contributed by atoms with Gasteiger partial charge in [0, 0.05) is 36.1 Å². The van der Waals surface area contributed by atoms with Gasteiger partial charge in [0.2, 0.25) is 5.91 Å². The van der Waals surface area contributed by atoms with E-state index in [1.807, 2.05) is 0 Å². The third kappa shape index (κ3) is 6.19. The lowest BCUT2D eigenvalue weighted by Gasteiger charge is -2.17. The first kappa shape index (κ1) is 28.1. The van der Waals surface area contributed by atoms with E-state index in [2.05, 4.69) is 20.9 Å². The molecule has 2 heterocycles. The van der Waals surface area contributed by atoms with Gasteiger partial charge in [-0.3, -0.25) is 24.2 Å². The van der Waals surface area contributed by atoms with E-state index in [0.717, 1.165) is 0 Å². The van der Waals surface area contributed by atoms with E-state index < -0.39 is 17.4 Å². The molecule has 0 aliphatic rings. The number of benzene rings is 2. The maximum Gasteiger partial charge on any atom is 0.275 e. The maximum atomic E-state index is 13.6. The van der Waals surface area contributed by atoms with Gasteiger partial charge in [-0.05, 0) is 79.7 Å². The van der Waals surface area contributed by atoms with Crippen LogP contribution in [0.25, 0.3) is 11.3 Å². The summed E-state index contributed by atoms with van der Waals surface area (Å²) in [7, 11) is 3.18. The highest BCUT2D eigenvalue weighted by Crippen LogP contribution is 2.22. The van der Waals surface area contributed by atoms with E-state index in [-0.39, 0.29) is 35.4 Å². The van der Waals surface area contributed by atoms with Crippen LogP contribution in [0.4, 0.5) is 10.1 Å². The van der Waals surface area contributed by atoms with Crippen molar-refractivity contribution in [3.8, 4) is 11.3 Å². The molecule has 2 aromatic carbocycles. The Hall–Kier alpha value is -4.96. The summed E-state index contributed by atoms with van der Waals surface area (Å²) in [6.45, 7) is 1.71. The highest BCUT2D eigenvalue weighted by molar-refractivity contribution is 6.08. The third-order valence-corrected chi connectivity index (χ3v) is 6.43. The van der Waals surface area contributed by atoms with Crippen molar-refractivity contribution in [2.45, 2.75) is 19.5 Å². The Morgan fingerprint density at radius 1 is 0.900 bits per heavy atom. The van der Waals surface area contributed by atoms with E-state index >= 15 is 0 Å². The number of halogens is 1. The van der Waals surface area contributed by atoms with Crippen molar-refractivity contribution < 1.29 is 18.8 Å². The molecule has 10 heteroatoms. The van der Waals surface area contributed by atoms with E-state index in [1.165, 1.54) is 41.1 Å². The predicted molar refractivity (Wildman–Crippen MR) is 150 cm³/mol. The number of nitrogens with one attached hydrogen (secondary N) is 3. The molecule has 0 aliphatic heterocycles. The number of ketones is 1. The summed E-state index contributed by atoms with van der Waals surface area (Å²) in [5.41, 5.74) is 2.43. The molecule has 0 aliphatic carbocycles. The Kier molecular flexibility index (Phi) is 8.60. The maximum absolute atomic E-state index is 13.6. The smallest absolute Gasteiger partial charge is 0.275 e. The lowest BCUT2D eigenvalue weighted by atomic mass is 10.0. The largest absolute Gasteiger partial charge is 0.355 e. The molecule has 9 nitrogen and oxygen atoms in total. The summed E-state index contributed by atoms with van der Waals surface area (Å²) < 4.78 is 14.8. The minimum absolute atomic E-state index is 0.0359. The third-order valence-electron chi connectivity index (χ3n) is 6.43. The minimum atomic E-state index is -0.525. The van der Waals surface area contributed by atoms with E-state index in [0.29, 0.717) is 27.9 Å². The van der Waals surface area contributed by atoms with Gasteiger partial charge in [-0.2, -0.15) is 0 Å². The van der Waals surface area contributed by atoms with Gasteiger partial charge >= 0.3 is 0 Å². The molecule has 0 fully saturated rings. The van der Waals surface area contributed by atoms with E-state index in [9.17, 15) is 23.6 Å². The fraction of sp³-hybridized carbons (Fsp3) is 0.167. The number of pyridine rings is 2. The number of rotatable bonds is 9. The second-order valence-corrected chi connectivity index (χ2v) is 9.10. The van der Waals surface area contributed by atoms with Crippen molar-refractivity contribution in [2.24, 2.45) is 0 Å². The fourth-order valence-electron chi connectivity index (χ4n) is 4.04. The molecule has 0 bridgehead atoms. The van der Waals surface area contributed by atoms with Crippen molar-refractivity contribution in [2.75, 3.05) is 19.4 Å². The summed E-state index contributed by atoms with van der Waals surface area (Å²) in [6.07, 6.45) is 2.95. The number of likely N-dealkylation sites (N-methyl/N-ethyl adjacent to an activating group) is 1. The van der Waals surface area contributed by atoms with Gasteiger partial charge in [0.1, 0.15) is 11.5 Å². The zero-order valence-corrected chi connectivity index (χ0v) is 22.2. The number of nitrogens with zero attached hydrogens (tertiary/aromatic N) is 2. The second-order valence-electron chi connectivity index (χ2n) is 9.10. The number of carbonyl (C=O) groups excluding carboxylic acids is 3. The topological polar surface area (TPSA) is 122 Å². The van der Waals surface area contributed by atoms with Crippen LogP contribution in [0.2, 0.25) is 0 Å². The van der Waals surface area contributed by atoms with Crippen LogP contribution in [0, 0.1) is 5.82 Å². The van der Waals surface area contributed by atoms with Crippen LogP contribution in [-0.2, 0) is 11.3 Å². The number of aromatic nitrogens is 2. The highest BCUT2D eigenvalue weighted by Gasteiger charge is 2.17. The Balaban J connectivity index is 1.75. The van der Waals surface area contributed by atoms with Gasteiger partial charge in [-0.1, -0.05) is 12.1 Å². The van der Waals surface area contributed by atoms with E-state index in [1.54, 1.807) is 63.6 Å². The zero-order valence-electron chi connectivity index (χ0n) is 22.2. The molecule has 2 aromatic heterocycles. The van der Waals surface area contributed by atoms with Crippen LogP contribution in [0.1, 0.15) is 38.8 Å². The molecule has 0 spiro atoms. The average Bonchev–Trinajstić information content (AvgIpc) is 2.98. The molecule has 3 N–H and O–H groups in total. The lowest BCUT2D eigenvalue weighted by molar-refractivity contribution is -0.117. The Morgan fingerprint density at radius 2 is 1.57 bits per heavy atom. The molecule has 0 radical (unpaired) electrons. The lowest BCUT2D eigenvalue weighted by Crippen LogP contribution is -2.37. The van der Waals surface area contributed by atoms with Crippen molar-refractivity contribution in [3.63, 3.8) is 0 Å². The predicted octanol–water partition coefficient (Wildman–Crippen LogP) is 3.23. The first-order valence-corrected chi connectivity index (χ1v) is 12.5. The van der Waals surface area contributed by atoms with Gasteiger partial charge < -0.3 is 20.5 Å². The normalized spacial score (nSPS) is 11.5. The van der Waals surface area contributed by atoms with Crippen LogP contribution in [0.5, 0.6) is 0 Å². The second kappa shape index (κ2) is 12.3. The van der Waals surface area contributed by atoms with Crippen molar-refractivity contribution in [1.29, 1.82) is 0 Å². The molecule has 4 rings (SSSR count). The molecule has 0 saturated carbocycles. The standard InChI is InChI=1S/C30H28FN5O4/c1-18(32-2)28(38)35-25-12-13-26(20-4-6-22(7-5-20)29(39)33-3)36(30(25)40)17-19-14-23(16-34-15-19)27(37)21-8-10-24(31)11-9-21/h4-16,18,32H,17H2,1-3H3,(H,33,39)(H,35,38)/t18-/m0/s1. The molecule has 0 unspecified atom stereocenters. The summed E-state index contributed by atoms with van der Waals surface area (Å²) in [5.74, 6) is -1.40. The molecular formula is C30H28FN5O4. The van der Waals surface area contributed by atoms with Gasteiger partial charge in [0.05, 0.1) is 18.3 Å². The fourth-order valence-corrected chi connectivity index (χ4v) is 4.04. The van der Waals surface area contributed by atoms with Crippen LogP contribution < -0.4 is 21.5 Å². The highest BCUT2D eigenvalue weighted by atomic mass is 19.1. The molecule has 4 aromatic rings.